The van der Waals surface area contributed by atoms with Gasteiger partial charge in [-0.15, -0.1) is 0 Å². The summed E-state index contributed by atoms with van der Waals surface area (Å²) in [4.78, 5) is 34.7. The van der Waals surface area contributed by atoms with Crippen LogP contribution in [0.3, 0.4) is 0 Å². The van der Waals surface area contributed by atoms with Crippen LogP contribution in [0.5, 0.6) is 5.88 Å². The summed E-state index contributed by atoms with van der Waals surface area (Å²) in [6.07, 6.45) is 5.80. The fraction of sp³-hybridized carbons (Fsp3) is 0.552. The van der Waals surface area contributed by atoms with Gasteiger partial charge in [0.2, 0.25) is 17.7 Å². The number of benzene rings is 1. The van der Waals surface area contributed by atoms with E-state index in [1.807, 2.05) is 21.9 Å². The van der Waals surface area contributed by atoms with E-state index in [2.05, 4.69) is 31.0 Å². The molecule has 1 saturated carbocycles. The smallest absolute Gasteiger partial charge is 0.228 e. The number of amides is 2. The fourth-order valence-corrected chi connectivity index (χ4v) is 6.11. The summed E-state index contributed by atoms with van der Waals surface area (Å²) in [5, 5.41) is 1.27. The molecule has 0 radical (unpaired) electrons. The number of pyridine rings is 1. The molecule has 1 aromatic carbocycles. The highest BCUT2D eigenvalue weighted by molar-refractivity contribution is 6.30. The van der Waals surface area contributed by atoms with Gasteiger partial charge in [-0.25, -0.2) is 4.98 Å². The van der Waals surface area contributed by atoms with Gasteiger partial charge < -0.3 is 14.5 Å². The molecule has 6 nitrogen and oxygen atoms in total. The number of piperidine rings is 2. The zero-order chi connectivity index (χ0) is 26.2. The van der Waals surface area contributed by atoms with Crippen LogP contribution in [0.4, 0.5) is 0 Å². The summed E-state index contributed by atoms with van der Waals surface area (Å²) in [7, 11) is 0. The highest BCUT2D eigenvalue weighted by atomic mass is 35.5. The van der Waals surface area contributed by atoms with Crippen molar-refractivity contribution in [3.63, 3.8) is 0 Å². The van der Waals surface area contributed by atoms with Crippen LogP contribution in [0, 0.1) is 17.3 Å². The number of aromatic nitrogens is 1. The van der Waals surface area contributed by atoms with Crippen LogP contribution in [0.15, 0.2) is 42.6 Å². The highest BCUT2D eigenvalue weighted by Gasteiger charge is 2.48. The van der Waals surface area contributed by atoms with Gasteiger partial charge in [-0.3, -0.25) is 9.59 Å². The van der Waals surface area contributed by atoms with E-state index in [9.17, 15) is 9.59 Å². The lowest BCUT2D eigenvalue weighted by atomic mass is 9.77. The summed E-state index contributed by atoms with van der Waals surface area (Å²) < 4.78 is 6.23. The Kier molecular flexibility index (Phi) is 7.69. The molecule has 0 N–H and O–H groups in total. The van der Waals surface area contributed by atoms with Gasteiger partial charge in [-0.05, 0) is 62.8 Å². The molecule has 3 heterocycles. The van der Waals surface area contributed by atoms with Crippen molar-refractivity contribution >= 4 is 35.0 Å². The third-order valence-electron chi connectivity index (χ3n) is 8.53. The van der Waals surface area contributed by atoms with Crippen LogP contribution < -0.4 is 4.74 Å². The second kappa shape index (κ2) is 10.8. The van der Waals surface area contributed by atoms with Crippen LogP contribution in [0.25, 0.3) is 0 Å². The Morgan fingerprint density at radius 1 is 0.973 bits per heavy atom. The van der Waals surface area contributed by atoms with Crippen molar-refractivity contribution in [3.05, 3.63) is 58.2 Å². The maximum absolute atomic E-state index is 13.6. The van der Waals surface area contributed by atoms with Gasteiger partial charge in [-0.2, -0.15) is 0 Å². The summed E-state index contributed by atoms with van der Waals surface area (Å²) in [5.74, 6) is 1.34. The van der Waals surface area contributed by atoms with Crippen molar-refractivity contribution in [1.29, 1.82) is 0 Å². The van der Waals surface area contributed by atoms with Crippen molar-refractivity contribution in [1.82, 2.24) is 14.8 Å². The van der Waals surface area contributed by atoms with Gasteiger partial charge >= 0.3 is 0 Å². The molecule has 2 amide bonds. The van der Waals surface area contributed by atoms with Gasteiger partial charge in [0.05, 0.1) is 5.02 Å². The number of ether oxygens (including phenoxy) is 1. The van der Waals surface area contributed by atoms with Gasteiger partial charge in [-0.1, -0.05) is 42.3 Å². The number of hydrogen-bond donors (Lipinski definition) is 0. The SMILES string of the molecule is C[C@@H](Oc1ccc(Cl)cn1)[C@H]1CCN(C(=O)C2CCN(C(=O)C3(C)CC3)CC2)C[C@@H]1c1ccc(Cl)cc1. The van der Waals surface area contributed by atoms with Gasteiger partial charge in [0.15, 0.2) is 0 Å². The number of rotatable bonds is 6. The first kappa shape index (κ1) is 26.3. The minimum Gasteiger partial charge on any atom is -0.474 e. The van der Waals surface area contributed by atoms with E-state index in [1.165, 1.54) is 0 Å². The van der Waals surface area contributed by atoms with E-state index in [1.54, 1.807) is 18.3 Å². The summed E-state index contributed by atoms with van der Waals surface area (Å²) >= 11 is 12.2. The first-order valence-electron chi connectivity index (χ1n) is 13.4. The van der Waals surface area contributed by atoms with Crippen molar-refractivity contribution < 1.29 is 14.3 Å². The predicted octanol–water partition coefficient (Wildman–Crippen LogP) is 5.83. The molecule has 2 aliphatic heterocycles. The van der Waals surface area contributed by atoms with Crippen molar-refractivity contribution in [3.8, 4) is 5.88 Å². The number of carbonyl (C=O) groups excluding carboxylic acids is 2. The molecule has 2 saturated heterocycles. The molecular formula is C29H35Cl2N3O3. The van der Waals surface area contributed by atoms with Crippen LogP contribution in [-0.2, 0) is 9.59 Å². The molecule has 3 fully saturated rings. The quantitative estimate of drug-likeness (QED) is 0.460. The summed E-state index contributed by atoms with van der Waals surface area (Å²) in [6.45, 7) is 6.84. The third kappa shape index (κ3) is 5.91. The molecule has 3 atom stereocenters. The van der Waals surface area contributed by atoms with Gasteiger partial charge in [0.25, 0.3) is 0 Å². The Morgan fingerprint density at radius 2 is 1.62 bits per heavy atom. The molecule has 8 heteroatoms. The topological polar surface area (TPSA) is 62.7 Å². The number of carbonyl (C=O) groups is 2. The van der Waals surface area contributed by atoms with Crippen molar-refractivity contribution in [2.45, 2.75) is 58.0 Å². The van der Waals surface area contributed by atoms with Gasteiger partial charge in [0.1, 0.15) is 6.10 Å². The Bertz CT molecular complexity index is 1110. The maximum atomic E-state index is 13.6. The average molecular weight is 545 g/mol. The van der Waals surface area contributed by atoms with Crippen molar-refractivity contribution in [2.24, 2.45) is 17.3 Å². The van der Waals surface area contributed by atoms with E-state index in [0.717, 1.165) is 37.7 Å². The second-order valence-corrected chi connectivity index (χ2v) is 12.0. The largest absolute Gasteiger partial charge is 0.474 e. The molecule has 0 spiro atoms. The zero-order valence-corrected chi connectivity index (χ0v) is 23.0. The second-order valence-electron chi connectivity index (χ2n) is 11.2. The normalized spacial score (nSPS) is 24.4. The molecule has 5 rings (SSSR count). The predicted molar refractivity (Wildman–Crippen MR) is 145 cm³/mol. The number of likely N-dealkylation sites (tertiary alicyclic amines) is 2. The Hall–Kier alpha value is -2.31. The Morgan fingerprint density at radius 3 is 2.24 bits per heavy atom. The molecule has 1 aromatic heterocycles. The first-order chi connectivity index (χ1) is 17.7. The monoisotopic (exact) mass is 543 g/mol. The van der Waals surface area contributed by atoms with Crippen LogP contribution >= 0.6 is 23.2 Å². The van der Waals surface area contributed by atoms with E-state index in [-0.39, 0.29) is 41.1 Å². The number of nitrogens with zero attached hydrogens (tertiary/aromatic N) is 3. The molecule has 1 aliphatic carbocycles. The molecule has 0 unspecified atom stereocenters. The Labute approximate surface area is 229 Å². The lowest BCUT2D eigenvalue weighted by Gasteiger charge is -2.43. The maximum Gasteiger partial charge on any atom is 0.228 e. The molecule has 0 bridgehead atoms. The lowest BCUT2D eigenvalue weighted by molar-refractivity contribution is -0.144. The highest BCUT2D eigenvalue weighted by Crippen LogP contribution is 2.47. The van der Waals surface area contributed by atoms with E-state index in [4.69, 9.17) is 27.9 Å². The molecule has 37 heavy (non-hydrogen) atoms. The standard InChI is InChI=1S/C29H35Cl2N3O3/c1-19(37-26-8-7-23(31)17-32-26)24-11-16-34(18-25(24)20-3-5-22(30)6-4-20)27(35)21-9-14-33(15-10-21)28(36)29(2)12-13-29/h3-8,17,19,21,24-25H,9-16,18H2,1-2H3/t19-,24-,25-/m1/s1. The first-order valence-corrected chi connectivity index (χ1v) is 14.1. The molecule has 198 valence electrons. The fourth-order valence-electron chi connectivity index (χ4n) is 5.88. The third-order valence-corrected chi connectivity index (χ3v) is 9.01. The Balaban J connectivity index is 1.26. The number of hydrogen-bond acceptors (Lipinski definition) is 4. The van der Waals surface area contributed by atoms with Crippen LogP contribution in [-0.4, -0.2) is 58.9 Å². The summed E-state index contributed by atoms with van der Waals surface area (Å²) in [6, 6.07) is 11.5. The van der Waals surface area contributed by atoms with Gasteiger partial charge in [0, 0.05) is 66.6 Å². The van der Waals surface area contributed by atoms with E-state index in [0.29, 0.717) is 42.1 Å². The van der Waals surface area contributed by atoms with Crippen LogP contribution in [0.2, 0.25) is 10.0 Å². The van der Waals surface area contributed by atoms with E-state index < -0.39 is 0 Å². The molecule has 3 aliphatic rings. The van der Waals surface area contributed by atoms with Crippen molar-refractivity contribution in [2.75, 3.05) is 26.2 Å². The van der Waals surface area contributed by atoms with E-state index >= 15 is 0 Å². The molecule has 2 aromatic rings. The van der Waals surface area contributed by atoms with Crippen LogP contribution in [0.1, 0.15) is 57.4 Å². The summed E-state index contributed by atoms with van der Waals surface area (Å²) in [5.41, 5.74) is 1.01. The lowest BCUT2D eigenvalue weighted by Crippen LogP contribution is -2.50. The number of halogens is 2. The average Bonchev–Trinajstić information content (AvgIpc) is 3.67. The minimum atomic E-state index is -0.148. The zero-order valence-electron chi connectivity index (χ0n) is 21.5. The molecular weight excluding hydrogens is 509 g/mol. The minimum absolute atomic E-state index is 0.0228.